The molecule has 0 spiro atoms. The van der Waals surface area contributed by atoms with E-state index in [1.54, 1.807) is 0 Å². The van der Waals surface area contributed by atoms with Crippen molar-refractivity contribution in [1.82, 2.24) is 4.90 Å². The summed E-state index contributed by atoms with van der Waals surface area (Å²) in [7, 11) is 0. The first kappa shape index (κ1) is 10.7. The number of nitrogens with one attached hydrogen (secondary N) is 1. The number of amidine groups is 1. The summed E-state index contributed by atoms with van der Waals surface area (Å²) in [6, 6.07) is 8.21. The predicted molar refractivity (Wildman–Crippen MR) is 66.4 cm³/mol. The molecule has 15 heavy (non-hydrogen) atoms. The number of hydrogen-bond acceptors (Lipinski definition) is 1. The molecule has 0 atom stereocenters. The van der Waals surface area contributed by atoms with Gasteiger partial charge in [0, 0.05) is 24.0 Å². The highest BCUT2D eigenvalue weighted by atomic mass is 79.9. The van der Waals surface area contributed by atoms with Crippen LogP contribution >= 0.6 is 15.9 Å². The lowest BCUT2D eigenvalue weighted by atomic mass is 10.1. The van der Waals surface area contributed by atoms with Crippen LogP contribution in [0.3, 0.4) is 0 Å². The molecule has 1 heterocycles. The Balaban J connectivity index is 1.99. The minimum absolute atomic E-state index is 0.749. The quantitative estimate of drug-likeness (QED) is 0.647. The minimum Gasteiger partial charge on any atom is -0.360 e. The zero-order chi connectivity index (χ0) is 10.7. The molecule has 0 aromatic heterocycles. The van der Waals surface area contributed by atoms with Gasteiger partial charge < -0.3 is 4.90 Å². The molecule has 1 N–H and O–H groups in total. The van der Waals surface area contributed by atoms with E-state index < -0.39 is 0 Å². The van der Waals surface area contributed by atoms with Crippen molar-refractivity contribution in [2.45, 2.75) is 19.3 Å². The molecular weight excluding hydrogens is 252 g/mol. The van der Waals surface area contributed by atoms with Crippen molar-refractivity contribution in [3.8, 4) is 0 Å². The molecule has 0 saturated carbocycles. The molecule has 0 unspecified atom stereocenters. The van der Waals surface area contributed by atoms with Crippen molar-refractivity contribution in [2.24, 2.45) is 0 Å². The maximum absolute atomic E-state index is 8.00. The van der Waals surface area contributed by atoms with Crippen molar-refractivity contribution in [1.29, 1.82) is 5.41 Å². The van der Waals surface area contributed by atoms with E-state index in [9.17, 15) is 0 Å². The molecule has 0 bridgehead atoms. The number of benzene rings is 1. The fourth-order valence-electron chi connectivity index (χ4n) is 1.94. The van der Waals surface area contributed by atoms with Gasteiger partial charge in [-0.2, -0.15) is 0 Å². The average Bonchev–Trinajstić information content (AvgIpc) is 2.70. The smallest absolute Gasteiger partial charge is 0.100 e. The summed E-state index contributed by atoms with van der Waals surface area (Å²) in [5.41, 5.74) is 1.21. The molecular formula is C12H15BrN2. The van der Waals surface area contributed by atoms with Crippen LogP contribution in [0.2, 0.25) is 0 Å². The molecule has 0 amide bonds. The summed E-state index contributed by atoms with van der Waals surface area (Å²) in [6.45, 7) is 2.12. The standard InChI is InChI=1S/C12H15BrN2/c13-11-5-3-4-10(8-11)9-12(14)15-6-1-2-7-15/h3-5,8,14H,1-2,6-7,9H2. The lowest BCUT2D eigenvalue weighted by molar-refractivity contribution is 0.507. The summed E-state index contributed by atoms with van der Waals surface area (Å²) in [5.74, 6) is 0.755. The first-order chi connectivity index (χ1) is 7.25. The van der Waals surface area contributed by atoms with Gasteiger partial charge in [0.25, 0.3) is 0 Å². The summed E-state index contributed by atoms with van der Waals surface area (Å²) < 4.78 is 1.09. The van der Waals surface area contributed by atoms with Crippen molar-refractivity contribution >= 4 is 21.8 Å². The third-order valence-corrected chi connectivity index (χ3v) is 3.24. The Morgan fingerprint density at radius 2 is 2.07 bits per heavy atom. The molecule has 1 aliphatic heterocycles. The second kappa shape index (κ2) is 4.79. The molecule has 0 aliphatic carbocycles. The summed E-state index contributed by atoms with van der Waals surface area (Å²) in [5, 5.41) is 8.00. The lowest BCUT2D eigenvalue weighted by Gasteiger charge is -2.18. The molecule has 1 fully saturated rings. The molecule has 1 saturated heterocycles. The van der Waals surface area contributed by atoms with E-state index in [1.807, 2.05) is 12.1 Å². The van der Waals surface area contributed by atoms with Crippen molar-refractivity contribution in [3.05, 3.63) is 34.3 Å². The van der Waals surface area contributed by atoms with E-state index in [1.165, 1.54) is 18.4 Å². The summed E-state index contributed by atoms with van der Waals surface area (Å²) in [6.07, 6.45) is 3.22. The summed E-state index contributed by atoms with van der Waals surface area (Å²) in [4.78, 5) is 2.18. The monoisotopic (exact) mass is 266 g/mol. The minimum atomic E-state index is 0.749. The van der Waals surface area contributed by atoms with Crippen LogP contribution in [-0.2, 0) is 6.42 Å². The van der Waals surface area contributed by atoms with Crippen LogP contribution in [-0.4, -0.2) is 23.8 Å². The maximum Gasteiger partial charge on any atom is 0.100 e. The first-order valence-electron chi connectivity index (χ1n) is 5.32. The Labute approximate surface area is 98.9 Å². The van der Waals surface area contributed by atoms with E-state index in [2.05, 4.69) is 33.0 Å². The van der Waals surface area contributed by atoms with E-state index in [0.29, 0.717) is 0 Å². The van der Waals surface area contributed by atoms with Gasteiger partial charge in [-0.3, -0.25) is 5.41 Å². The Morgan fingerprint density at radius 3 is 2.73 bits per heavy atom. The van der Waals surface area contributed by atoms with Gasteiger partial charge in [-0.05, 0) is 30.5 Å². The number of likely N-dealkylation sites (tertiary alicyclic amines) is 1. The highest BCUT2D eigenvalue weighted by molar-refractivity contribution is 9.10. The van der Waals surface area contributed by atoms with Crippen molar-refractivity contribution in [2.75, 3.05) is 13.1 Å². The molecule has 80 valence electrons. The Morgan fingerprint density at radius 1 is 1.33 bits per heavy atom. The van der Waals surface area contributed by atoms with Crippen LogP contribution in [0.4, 0.5) is 0 Å². The van der Waals surface area contributed by atoms with Gasteiger partial charge in [0.2, 0.25) is 0 Å². The number of rotatable bonds is 2. The second-order valence-electron chi connectivity index (χ2n) is 3.95. The van der Waals surface area contributed by atoms with Gasteiger partial charge in [0.1, 0.15) is 5.84 Å². The highest BCUT2D eigenvalue weighted by Crippen LogP contribution is 2.14. The van der Waals surface area contributed by atoms with Gasteiger partial charge in [-0.1, -0.05) is 28.1 Å². The third kappa shape index (κ3) is 2.81. The molecule has 2 nitrogen and oxygen atoms in total. The zero-order valence-corrected chi connectivity index (χ0v) is 10.3. The van der Waals surface area contributed by atoms with Crippen LogP contribution in [0, 0.1) is 5.41 Å². The SMILES string of the molecule is N=C(Cc1cccc(Br)c1)N1CCCC1. The van der Waals surface area contributed by atoms with Gasteiger partial charge in [-0.15, -0.1) is 0 Å². The lowest BCUT2D eigenvalue weighted by Crippen LogP contribution is -2.28. The van der Waals surface area contributed by atoms with Crippen LogP contribution < -0.4 is 0 Å². The highest BCUT2D eigenvalue weighted by Gasteiger charge is 2.14. The molecule has 0 radical (unpaired) electrons. The normalized spacial score (nSPS) is 15.7. The van der Waals surface area contributed by atoms with E-state index in [-0.39, 0.29) is 0 Å². The van der Waals surface area contributed by atoms with Crippen LogP contribution in [0.1, 0.15) is 18.4 Å². The molecule has 1 aliphatic rings. The predicted octanol–water partition coefficient (Wildman–Crippen LogP) is 3.06. The zero-order valence-electron chi connectivity index (χ0n) is 8.67. The molecule has 1 aromatic carbocycles. The third-order valence-electron chi connectivity index (χ3n) is 2.75. The van der Waals surface area contributed by atoms with Crippen molar-refractivity contribution < 1.29 is 0 Å². The Kier molecular flexibility index (Phi) is 3.41. The van der Waals surface area contributed by atoms with Crippen LogP contribution in [0.5, 0.6) is 0 Å². The second-order valence-corrected chi connectivity index (χ2v) is 4.86. The van der Waals surface area contributed by atoms with E-state index in [4.69, 9.17) is 5.41 Å². The van der Waals surface area contributed by atoms with Crippen molar-refractivity contribution in [3.63, 3.8) is 0 Å². The molecule has 1 aromatic rings. The molecule has 2 rings (SSSR count). The topological polar surface area (TPSA) is 27.1 Å². The van der Waals surface area contributed by atoms with Crippen LogP contribution in [0.15, 0.2) is 28.7 Å². The number of halogens is 1. The van der Waals surface area contributed by atoms with Gasteiger partial charge in [0.05, 0.1) is 0 Å². The Bertz CT molecular complexity index is 356. The van der Waals surface area contributed by atoms with Crippen LogP contribution in [0.25, 0.3) is 0 Å². The molecule has 3 heteroatoms. The van der Waals surface area contributed by atoms with Gasteiger partial charge >= 0.3 is 0 Å². The Hall–Kier alpha value is -0.830. The van der Waals surface area contributed by atoms with Gasteiger partial charge in [0.15, 0.2) is 0 Å². The fourth-order valence-corrected chi connectivity index (χ4v) is 2.39. The summed E-state index contributed by atoms with van der Waals surface area (Å²) >= 11 is 3.45. The number of nitrogens with zero attached hydrogens (tertiary/aromatic N) is 1. The van der Waals surface area contributed by atoms with E-state index >= 15 is 0 Å². The maximum atomic E-state index is 8.00. The first-order valence-corrected chi connectivity index (χ1v) is 6.12. The average molecular weight is 267 g/mol. The largest absolute Gasteiger partial charge is 0.360 e. The van der Waals surface area contributed by atoms with Gasteiger partial charge in [-0.25, -0.2) is 0 Å². The number of hydrogen-bond donors (Lipinski definition) is 1. The van der Waals surface area contributed by atoms with E-state index in [0.717, 1.165) is 29.8 Å². The fraction of sp³-hybridized carbons (Fsp3) is 0.417.